The van der Waals surface area contributed by atoms with Crippen molar-refractivity contribution in [3.05, 3.63) is 411 Å². The average molecular weight is 1920 g/mol. The van der Waals surface area contributed by atoms with Crippen molar-refractivity contribution in [2.24, 2.45) is 0 Å². The Bertz CT molecular complexity index is 5470. The van der Waals surface area contributed by atoms with Crippen molar-refractivity contribution in [3.63, 3.8) is 0 Å². The Morgan fingerprint density at radius 1 is 0.287 bits per heavy atom. The molecular formula is C102H89Cl3Ir2N8. The van der Waals surface area contributed by atoms with Crippen LogP contribution < -0.4 is 0 Å². The molecule has 0 amide bonds. The van der Waals surface area contributed by atoms with Gasteiger partial charge in [0, 0.05) is 52.6 Å². The van der Waals surface area contributed by atoms with Crippen LogP contribution in [-0.4, -0.2) is 39.0 Å². The number of aromatic nitrogens is 8. The molecule has 0 N–H and O–H groups in total. The first-order valence-corrected chi connectivity index (χ1v) is 47.1. The maximum atomic E-state index is 5.02. The van der Waals surface area contributed by atoms with E-state index in [2.05, 4.69) is 285 Å². The maximum Gasteiger partial charge on any atom is 3.00 e. The number of pyridine rings is 4. The Labute approximate surface area is 708 Å². The molecule has 0 spiro atoms. The first kappa shape index (κ1) is 84.8. The van der Waals surface area contributed by atoms with Crippen LogP contribution in [-0.2, 0) is 33.6 Å². The standard InChI is InChI=1S/C25H26N2.C25H25N2.C15H11N.C15H10N.C11H9N.C11H8N.3ClH.2Ir/c2*1-17(2)20-13-10-14-21(18(3)4)24(20)27-23-16-9-8-15-22(23)26-25(27)19-11-6-5-7-12-19;2*1-2-7-13(8-3-1)15-14-9-5-4-6-12(14)10-11-16-15;2*1-2-6-10(7-3-1)11-8-4-5-9-12-11;;;;;/h5-18H,1-4H3;5-11,13-18H,1-4H3;1-11H;1-7,9-11H;1-9H;1-6,8-9H;3*1H;;/q;-1;;-1;;-1;;;;2*+3/p-3. The minimum absolute atomic E-state index is 0. The summed E-state index contributed by atoms with van der Waals surface area (Å²) in [6, 6.07) is 127. The van der Waals surface area contributed by atoms with Gasteiger partial charge in [0.05, 0.1) is 45.0 Å². The minimum Gasteiger partial charge on any atom is -0.305 e. The molecule has 6 aromatic heterocycles. The fourth-order valence-corrected chi connectivity index (χ4v) is 13.6. The summed E-state index contributed by atoms with van der Waals surface area (Å²) in [6.45, 7) is 18.1. The zero-order valence-corrected chi connectivity index (χ0v) is 72.5. The van der Waals surface area contributed by atoms with Gasteiger partial charge in [-0.25, -0.2) is 4.98 Å². The normalized spacial score (nSPS) is 10.8. The topological polar surface area (TPSA) is 87.2 Å². The van der Waals surface area contributed by atoms with Crippen molar-refractivity contribution in [1.29, 1.82) is 0 Å². The molecule has 0 aliphatic heterocycles. The van der Waals surface area contributed by atoms with Gasteiger partial charge >= 0.3 is 62.3 Å². The van der Waals surface area contributed by atoms with E-state index >= 15 is 0 Å². The monoisotopic (exact) mass is 1920 g/mol. The third kappa shape index (κ3) is 22.3. The molecule has 0 aliphatic rings. The van der Waals surface area contributed by atoms with Gasteiger partial charge in [-0.1, -0.05) is 274 Å². The minimum atomic E-state index is -1.92. The van der Waals surface area contributed by atoms with Crippen LogP contribution in [0.2, 0.25) is 0 Å². The molecule has 18 aromatic rings. The van der Waals surface area contributed by atoms with E-state index in [1.54, 1.807) is 6.20 Å². The van der Waals surface area contributed by atoms with Gasteiger partial charge in [-0.3, -0.25) is 19.5 Å². The van der Waals surface area contributed by atoms with E-state index in [4.69, 9.17) is 38.7 Å². The second-order valence-corrected chi connectivity index (χ2v) is 38.4. The second kappa shape index (κ2) is 42.8. The molecule has 0 saturated carbocycles. The van der Waals surface area contributed by atoms with Gasteiger partial charge in [-0.15, -0.1) is 108 Å². The van der Waals surface area contributed by atoms with Crippen LogP contribution in [0, 0.1) is 18.2 Å². The Kier molecular flexibility index (Phi) is 31.6. The second-order valence-electron chi connectivity index (χ2n) is 28.0. The molecule has 0 fully saturated rings. The van der Waals surface area contributed by atoms with E-state index in [0.717, 1.165) is 84.3 Å². The van der Waals surface area contributed by atoms with Crippen LogP contribution in [0.4, 0.5) is 0 Å². The largest absolute Gasteiger partial charge is 3.00 e. The van der Waals surface area contributed by atoms with Gasteiger partial charge in [0.2, 0.25) is 0 Å². The van der Waals surface area contributed by atoms with Gasteiger partial charge in [0.15, 0.2) is 0 Å². The summed E-state index contributed by atoms with van der Waals surface area (Å²) in [5.41, 5.74) is 22.9. The third-order valence-corrected chi connectivity index (χ3v) is 19.0. The molecule has 0 bridgehead atoms. The molecule has 0 unspecified atom stereocenters. The summed E-state index contributed by atoms with van der Waals surface area (Å²) in [5, 5.41) is 4.82. The molecule has 115 heavy (non-hydrogen) atoms. The van der Waals surface area contributed by atoms with Crippen molar-refractivity contribution in [2.45, 2.75) is 79.1 Å². The summed E-state index contributed by atoms with van der Waals surface area (Å²) in [5.74, 6) is 3.67. The van der Waals surface area contributed by atoms with Gasteiger partial charge in [0.1, 0.15) is 5.82 Å². The summed E-state index contributed by atoms with van der Waals surface area (Å²) in [6.07, 6.45) is 7.31. The number of fused-ring (bicyclic) bond motifs is 4. The predicted octanol–water partition coefficient (Wildman–Crippen LogP) is 28.6. The van der Waals surface area contributed by atoms with E-state index in [1.807, 2.05) is 182 Å². The van der Waals surface area contributed by atoms with E-state index in [1.165, 1.54) is 60.7 Å². The molecular weight excluding hydrogens is 1830 g/mol. The summed E-state index contributed by atoms with van der Waals surface area (Å²) >= 11 is -1.92. The predicted molar refractivity (Wildman–Crippen MR) is 477 cm³/mol. The van der Waals surface area contributed by atoms with E-state index < -0.39 is 13.5 Å². The summed E-state index contributed by atoms with van der Waals surface area (Å²) in [7, 11) is 14.9. The van der Waals surface area contributed by atoms with Crippen LogP contribution in [0.15, 0.2) is 371 Å². The Morgan fingerprint density at radius 3 is 1.09 bits per heavy atom. The number of para-hydroxylation sites is 6. The number of halogens is 3. The molecule has 0 atom stereocenters. The fraction of sp³-hybridized carbons (Fsp3) is 0.118. The summed E-state index contributed by atoms with van der Waals surface area (Å²) < 4.78 is 4.71. The smallest absolute Gasteiger partial charge is 0.305 e. The van der Waals surface area contributed by atoms with Crippen LogP contribution in [0.1, 0.15) is 101 Å². The molecule has 0 aliphatic carbocycles. The SMILES string of the molecule is CC(C)c1cccc(C(C)C)c1-n1c(-c2[c-]cccc2)nc2ccccc21.CC(C)c1cccc(C(C)C)c1-n1c(-c2ccccc2)nc2ccccc21.[Cl][Ir]([Cl])[Cl].[Ir+3].[c-]1ccccc1-c1ccccn1.[c-]1ccccc1-c1nccc2ccccc12.c1ccc(-c2ccccn2)cc1.c1ccc(-c2nccc3ccccc23)cc1. The van der Waals surface area contributed by atoms with Crippen molar-refractivity contribution < 1.29 is 33.6 Å². The number of hydrogen-bond donors (Lipinski definition) is 0. The number of rotatable bonds is 12. The number of imidazole rings is 2. The molecule has 0 radical (unpaired) electrons. The Hall–Kier alpha value is -11.1. The zero-order valence-electron chi connectivity index (χ0n) is 65.4. The first-order chi connectivity index (χ1) is 55.7. The molecule has 8 nitrogen and oxygen atoms in total. The molecule has 13 heteroatoms. The number of nitrogens with zero attached hydrogens (tertiary/aromatic N) is 8. The van der Waals surface area contributed by atoms with E-state index in [0.29, 0.717) is 23.7 Å². The molecule has 576 valence electrons. The van der Waals surface area contributed by atoms with Crippen molar-refractivity contribution in [2.75, 3.05) is 0 Å². The van der Waals surface area contributed by atoms with E-state index in [-0.39, 0.29) is 20.1 Å². The van der Waals surface area contributed by atoms with Crippen LogP contribution in [0.25, 0.3) is 123 Å². The van der Waals surface area contributed by atoms with E-state index in [9.17, 15) is 0 Å². The average Bonchev–Trinajstić information content (AvgIpc) is 1.53. The molecule has 12 aromatic carbocycles. The maximum absolute atomic E-state index is 5.02. The molecule has 6 heterocycles. The van der Waals surface area contributed by atoms with Crippen molar-refractivity contribution in [3.8, 4) is 79.2 Å². The van der Waals surface area contributed by atoms with Gasteiger partial charge < -0.3 is 14.5 Å². The first-order valence-electron chi connectivity index (χ1n) is 38.1. The Balaban J connectivity index is 0.000000138. The third-order valence-electron chi connectivity index (χ3n) is 19.0. The van der Waals surface area contributed by atoms with Crippen LogP contribution in [0.3, 0.4) is 0 Å². The van der Waals surface area contributed by atoms with Crippen molar-refractivity contribution >= 4 is 72.4 Å². The van der Waals surface area contributed by atoms with Crippen molar-refractivity contribution in [1.82, 2.24) is 39.0 Å². The molecule has 0 saturated heterocycles. The summed E-state index contributed by atoms with van der Waals surface area (Å²) in [4.78, 5) is 27.4. The zero-order chi connectivity index (χ0) is 79.6. The number of hydrogen-bond acceptors (Lipinski definition) is 6. The van der Waals surface area contributed by atoms with Gasteiger partial charge in [0.25, 0.3) is 0 Å². The number of benzene rings is 12. The molecule has 18 rings (SSSR count). The van der Waals surface area contributed by atoms with Gasteiger partial charge in [-0.2, -0.15) is 0 Å². The Morgan fingerprint density at radius 2 is 0.643 bits per heavy atom. The van der Waals surface area contributed by atoms with Gasteiger partial charge in [-0.05, 0) is 128 Å². The van der Waals surface area contributed by atoms with Crippen LogP contribution in [0.5, 0.6) is 0 Å². The fourth-order valence-electron chi connectivity index (χ4n) is 13.6. The van der Waals surface area contributed by atoms with Crippen LogP contribution >= 0.6 is 28.8 Å². The quantitative estimate of drug-likeness (QED) is 0.113.